The molecule has 2 aliphatic rings. The molecule has 0 N–H and O–H groups in total. The van der Waals surface area contributed by atoms with Crippen molar-refractivity contribution >= 4 is 15.7 Å². The molecule has 2 fully saturated rings. The molecular weight excluding hydrogens is 396 g/mol. The van der Waals surface area contributed by atoms with Crippen LogP contribution in [0, 0.1) is 12.8 Å². The fourth-order valence-electron chi connectivity index (χ4n) is 5.13. The van der Waals surface area contributed by atoms with Gasteiger partial charge in [-0.3, -0.25) is 9.78 Å². The van der Waals surface area contributed by atoms with Gasteiger partial charge in [-0.25, -0.2) is 8.42 Å². The highest BCUT2D eigenvalue weighted by atomic mass is 32.2. The monoisotopic (exact) mass is 426 g/mol. The van der Waals surface area contributed by atoms with E-state index < -0.39 is 14.6 Å². The number of aromatic nitrogens is 1. The maximum absolute atomic E-state index is 13.6. The molecule has 1 aromatic heterocycles. The van der Waals surface area contributed by atoms with E-state index >= 15 is 0 Å². The van der Waals surface area contributed by atoms with Gasteiger partial charge in [0.25, 0.3) is 0 Å². The van der Waals surface area contributed by atoms with Crippen molar-refractivity contribution < 1.29 is 13.2 Å². The number of pyridine rings is 1. The quantitative estimate of drug-likeness (QED) is 0.747. The van der Waals surface area contributed by atoms with Crippen LogP contribution in [0.25, 0.3) is 0 Å². The van der Waals surface area contributed by atoms with Gasteiger partial charge in [-0.05, 0) is 55.4 Å². The van der Waals surface area contributed by atoms with Crippen LogP contribution in [0.4, 0.5) is 0 Å². The topological polar surface area (TPSA) is 67.3 Å². The summed E-state index contributed by atoms with van der Waals surface area (Å²) in [5.74, 6) is 0.00119. The number of benzene rings is 1. The molecule has 1 saturated heterocycles. The van der Waals surface area contributed by atoms with Gasteiger partial charge >= 0.3 is 0 Å². The van der Waals surface area contributed by atoms with E-state index in [1.165, 1.54) is 5.56 Å². The lowest BCUT2D eigenvalue weighted by Crippen LogP contribution is -2.50. The molecule has 1 aliphatic heterocycles. The van der Waals surface area contributed by atoms with E-state index in [1.807, 2.05) is 12.1 Å². The Morgan fingerprint density at radius 3 is 2.53 bits per heavy atom. The maximum atomic E-state index is 13.6. The van der Waals surface area contributed by atoms with Gasteiger partial charge in [0.05, 0.1) is 10.5 Å². The van der Waals surface area contributed by atoms with Crippen LogP contribution in [0.1, 0.15) is 48.8 Å². The fraction of sp³-hybridized carbons (Fsp3) is 0.500. The van der Waals surface area contributed by atoms with Crippen LogP contribution < -0.4 is 0 Å². The van der Waals surface area contributed by atoms with E-state index in [-0.39, 0.29) is 30.5 Å². The second-order valence-electron chi connectivity index (χ2n) is 8.86. The number of nitrogens with zero attached hydrogens (tertiary/aromatic N) is 2. The summed E-state index contributed by atoms with van der Waals surface area (Å²) in [6.07, 6.45) is 7.60. The van der Waals surface area contributed by atoms with Crippen molar-refractivity contribution in [1.82, 2.24) is 9.88 Å². The molecule has 2 unspecified atom stereocenters. The minimum Gasteiger partial charge on any atom is -0.337 e. The molecule has 4 rings (SSSR count). The van der Waals surface area contributed by atoms with Gasteiger partial charge < -0.3 is 4.90 Å². The molecule has 0 bridgehead atoms. The van der Waals surface area contributed by atoms with Crippen LogP contribution in [0.3, 0.4) is 0 Å². The Morgan fingerprint density at radius 1 is 1.07 bits per heavy atom. The van der Waals surface area contributed by atoms with Gasteiger partial charge in [0.1, 0.15) is 0 Å². The lowest BCUT2D eigenvalue weighted by Gasteiger charge is -2.42. The van der Waals surface area contributed by atoms with Gasteiger partial charge in [0.15, 0.2) is 9.84 Å². The van der Waals surface area contributed by atoms with Gasteiger partial charge in [-0.15, -0.1) is 0 Å². The van der Waals surface area contributed by atoms with Gasteiger partial charge in [0, 0.05) is 31.9 Å². The number of carbonyl (C=O) groups is 1. The molecule has 6 heteroatoms. The van der Waals surface area contributed by atoms with Crippen molar-refractivity contribution in [1.29, 1.82) is 0 Å². The SMILES string of the molecule is Cc1ccc(CC2CCCCC23CC(=O)N(Cc2ccncc2)CCS3(=O)=O)cc1. The third-order valence-corrected chi connectivity index (χ3v) is 9.57. The van der Waals surface area contributed by atoms with Crippen molar-refractivity contribution in [3.63, 3.8) is 0 Å². The average molecular weight is 427 g/mol. The Bertz CT molecular complexity index is 989. The predicted octanol–water partition coefficient (Wildman–Crippen LogP) is 3.71. The molecule has 1 aliphatic carbocycles. The maximum Gasteiger partial charge on any atom is 0.224 e. The summed E-state index contributed by atoms with van der Waals surface area (Å²) in [7, 11) is -3.39. The van der Waals surface area contributed by atoms with Crippen molar-refractivity contribution in [2.45, 2.75) is 56.7 Å². The van der Waals surface area contributed by atoms with Gasteiger partial charge in [-0.1, -0.05) is 42.7 Å². The van der Waals surface area contributed by atoms with Crippen LogP contribution in [0.2, 0.25) is 0 Å². The number of amides is 1. The molecule has 160 valence electrons. The highest BCUT2D eigenvalue weighted by Gasteiger charge is 2.53. The second kappa shape index (κ2) is 8.50. The highest BCUT2D eigenvalue weighted by Crippen LogP contribution is 2.46. The van der Waals surface area contributed by atoms with E-state index in [4.69, 9.17) is 0 Å². The van der Waals surface area contributed by atoms with Crippen molar-refractivity contribution in [3.8, 4) is 0 Å². The summed E-state index contributed by atoms with van der Waals surface area (Å²) >= 11 is 0. The molecule has 2 atom stereocenters. The standard InChI is InChI=1S/C24H30N2O3S/c1-19-5-7-20(8-6-19)16-22-4-2-3-11-24(22)17-23(27)26(14-15-30(24,28)29)18-21-9-12-25-13-10-21/h5-10,12-13,22H,2-4,11,14-18H2,1H3. The van der Waals surface area contributed by atoms with Crippen LogP contribution in [0.15, 0.2) is 48.8 Å². The molecule has 2 aromatic rings. The van der Waals surface area contributed by atoms with E-state index in [2.05, 4.69) is 36.2 Å². The largest absolute Gasteiger partial charge is 0.337 e. The summed E-state index contributed by atoms with van der Waals surface area (Å²) < 4.78 is 26.2. The lowest BCUT2D eigenvalue weighted by atomic mass is 9.73. The van der Waals surface area contributed by atoms with Crippen molar-refractivity contribution in [2.24, 2.45) is 5.92 Å². The molecule has 1 amide bonds. The van der Waals surface area contributed by atoms with Crippen LogP contribution >= 0.6 is 0 Å². The molecule has 5 nitrogen and oxygen atoms in total. The van der Waals surface area contributed by atoms with Crippen LogP contribution in [-0.4, -0.2) is 41.3 Å². The smallest absolute Gasteiger partial charge is 0.224 e. The van der Waals surface area contributed by atoms with E-state index in [0.717, 1.165) is 36.8 Å². The molecular formula is C24H30N2O3S. The van der Waals surface area contributed by atoms with Crippen molar-refractivity contribution in [2.75, 3.05) is 12.3 Å². The zero-order valence-corrected chi connectivity index (χ0v) is 18.4. The van der Waals surface area contributed by atoms with Crippen LogP contribution in [-0.2, 0) is 27.6 Å². The number of hydrogen-bond donors (Lipinski definition) is 0. The number of rotatable bonds is 4. The Morgan fingerprint density at radius 2 is 1.80 bits per heavy atom. The number of carbonyl (C=O) groups excluding carboxylic acids is 1. The number of hydrogen-bond acceptors (Lipinski definition) is 4. The Kier molecular flexibility index (Phi) is 5.96. The summed E-state index contributed by atoms with van der Waals surface area (Å²) in [6.45, 7) is 2.76. The zero-order valence-electron chi connectivity index (χ0n) is 17.6. The molecule has 0 radical (unpaired) electrons. The summed E-state index contributed by atoms with van der Waals surface area (Å²) in [4.78, 5) is 19.0. The van der Waals surface area contributed by atoms with Gasteiger partial charge in [-0.2, -0.15) is 0 Å². The van der Waals surface area contributed by atoms with Gasteiger partial charge in [0.2, 0.25) is 5.91 Å². The summed E-state index contributed by atoms with van der Waals surface area (Å²) in [5.41, 5.74) is 3.33. The Labute approximate surface area is 179 Å². The number of sulfone groups is 1. The minimum absolute atomic E-state index is 0.0104. The molecule has 2 heterocycles. The zero-order chi connectivity index (χ0) is 21.2. The molecule has 1 aromatic carbocycles. The average Bonchev–Trinajstić information content (AvgIpc) is 2.82. The summed E-state index contributed by atoms with van der Waals surface area (Å²) in [6, 6.07) is 12.1. The highest BCUT2D eigenvalue weighted by molar-refractivity contribution is 7.92. The van der Waals surface area contributed by atoms with Crippen LogP contribution in [0.5, 0.6) is 0 Å². The molecule has 30 heavy (non-hydrogen) atoms. The third-order valence-electron chi connectivity index (χ3n) is 6.92. The number of aryl methyl sites for hydroxylation is 1. The second-order valence-corrected chi connectivity index (χ2v) is 11.3. The lowest BCUT2D eigenvalue weighted by molar-refractivity contribution is -0.132. The fourth-order valence-corrected chi connectivity index (χ4v) is 7.51. The first-order valence-corrected chi connectivity index (χ1v) is 12.5. The summed E-state index contributed by atoms with van der Waals surface area (Å²) in [5, 5.41) is 0. The molecule has 1 saturated carbocycles. The molecule has 1 spiro atoms. The van der Waals surface area contributed by atoms with E-state index in [9.17, 15) is 13.2 Å². The first-order valence-electron chi connectivity index (χ1n) is 10.8. The first kappa shape index (κ1) is 21.0. The predicted molar refractivity (Wildman–Crippen MR) is 118 cm³/mol. The minimum atomic E-state index is -3.39. The van der Waals surface area contributed by atoms with Crippen molar-refractivity contribution in [3.05, 3.63) is 65.5 Å². The van der Waals surface area contributed by atoms with E-state index in [1.54, 1.807) is 17.3 Å². The first-order chi connectivity index (χ1) is 14.4. The Hall–Kier alpha value is -2.21. The normalized spacial score (nSPS) is 26.5. The third kappa shape index (κ3) is 4.15. The van der Waals surface area contributed by atoms with E-state index in [0.29, 0.717) is 13.0 Å². The Balaban J connectivity index is 1.62.